The molecular formula is C7H14N2O2. The van der Waals surface area contributed by atoms with Gasteiger partial charge in [-0.2, -0.15) is 0 Å². The van der Waals surface area contributed by atoms with Crippen LogP contribution in [0.5, 0.6) is 0 Å². The molecule has 0 unspecified atom stereocenters. The maximum Gasteiger partial charge on any atom is 0.0653 e. The fraction of sp³-hybridized carbons (Fsp3) is 0.714. The Morgan fingerprint density at radius 2 is 1.27 bits per heavy atom. The van der Waals surface area contributed by atoms with Crippen LogP contribution >= 0.6 is 0 Å². The minimum absolute atomic E-state index is 0.483. The van der Waals surface area contributed by atoms with Gasteiger partial charge in [0.05, 0.1) is 11.4 Å². The summed E-state index contributed by atoms with van der Waals surface area (Å²) in [6, 6.07) is 0. The van der Waals surface area contributed by atoms with Gasteiger partial charge in [-0.1, -0.05) is 10.3 Å². The zero-order valence-corrected chi connectivity index (χ0v) is 7.29. The van der Waals surface area contributed by atoms with E-state index in [-0.39, 0.29) is 0 Å². The lowest BCUT2D eigenvalue weighted by molar-refractivity contribution is 0.306. The highest BCUT2D eigenvalue weighted by molar-refractivity contribution is 6.08. The van der Waals surface area contributed by atoms with Crippen molar-refractivity contribution in [3.8, 4) is 0 Å². The molecule has 0 radical (unpaired) electrons. The van der Waals surface area contributed by atoms with Gasteiger partial charge < -0.3 is 10.4 Å². The van der Waals surface area contributed by atoms with Crippen molar-refractivity contribution in [1.29, 1.82) is 0 Å². The molecule has 0 fully saturated rings. The number of nitrogens with zero attached hydrogens (tertiary/aromatic N) is 2. The van der Waals surface area contributed by atoms with Gasteiger partial charge in [-0.3, -0.25) is 0 Å². The quantitative estimate of drug-likeness (QED) is 0.365. The molecule has 0 atom stereocenters. The maximum absolute atomic E-state index is 8.47. The summed E-state index contributed by atoms with van der Waals surface area (Å²) >= 11 is 0. The Kier molecular flexibility index (Phi) is 3.04. The van der Waals surface area contributed by atoms with Gasteiger partial charge in [-0.05, 0) is 27.7 Å². The van der Waals surface area contributed by atoms with E-state index in [1.54, 1.807) is 13.8 Å². The maximum atomic E-state index is 8.47. The summed E-state index contributed by atoms with van der Waals surface area (Å²) in [5, 5.41) is 23.0. The average Bonchev–Trinajstić information content (AvgIpc) is 2.01. The summed E-state index contributed by atoms with van der Waals surface area (Å²) in [7, 11) is 0. The fourth-order valence-electron chi connectivity index (χ4n) is 0.512. The molecule has 0 aromatic carbocycles. The molecule has 0 aromatic rings. The first-order valence-electron chi connectivity index (χ1n) is 3.35. The molecule has 0 aliphatic rings. The highest BCUT2D eigenvalue weighted by Crippen LogP contribution is 2.19. The van der Waals surface area contributed by atoms with E-state index in [1.165, 1.54) is 0 Å². The lowest BCUT2D eigenvalue weighted by atomic mass is 9.84. The Balaban J connectivity index is 4.73. The zero-order chi connectivity index (χ0) is 9.07. The largest absolute Gasteiger partial charge is 0.411 e. The van der Waals surface area contributed by atoms with Gasteiger partial charge in [0.2, 0.25) is 0 Å². The number of rotatable bonds is 2. The van der Waals surface area contributed by atoms with Gasteiger partial charge in [0.15, 0.2) is 0 Å². The Bertz CT molecular complexity index is 175. The average molecular weight is 158 g/mol. The molecule has 0 aliphatic carbocycles. The Morgan fingerprint density at radius 3 is 1.45 bits per heavy atom. The summed E-state index contributed by atoms with van der Waals surface area (Å²) in [5.74, 6) is 0. The molecule has 0 spiro atoms. The first kappa shape index (κ1) is 9.94. The summed E-state index contributed by atoms with van der Waals surface area (Å²) in [6.45, 7) is 6.98. The van der Waals surface area contributed by atoms with Crippen LogP contribution < -0.4 is 0 Å². The van der Waals surface area contributed by atoms with Crippen LogP contribution in [0.2, 0.25) is 0 Å². The lowest BCUT2D eigenvalue weighted by Gasteiger charge is -2.21. The number of hydrogen-bond donors (Lipinski definition) is 2. The molecule has 0 rings (SSSR count). The molecule has 64 valence electrons. The second kappa shape index (κ2) is 3.37. The molecule has 11 heavy (non-hydrogen) atoms. The minimum atomic E-state index is -0.483. The summed E-state index contributed by atoms with van der Waals surface area (Å²) in [6.07, 6.45) is 0. The van der Waals surface area contributed by atoms with Gasteiger partial charge in [-0.25, -0.2) is 0 Å². The highest BCUT2D eigenvalue weighted by atomic mass is 16.4. The van der Waals surface area contributed by atoms with Gasteiger partial charge in [-0.15, -0.1) is 0 Å². The SMILES string of the molecule is C/C(=N\O)C(C)(C)/C(C)=N/O. The van der Waals surface area contributed by atoms with Crippen LogP contribution in [-0.2, 0) is 0 Å². The topological polar surface area (TPSA) is 65.2 Å². The van der Waals surface area contributed by atoms with Crippen molar-refractivity contribution in [2.75, 3.05) is 0 Å². The van der Waals surface area contributed by atoms with Crippen molar-refractivity contribution in [2.45, 2.75) is 27.7 Å². The zero-order valence-electron chi connectivity index (χ0n) is 7.29. The van der Waals surface area contributed by atoms with Crippen molar-refractivity contribution in [2.24, 2.45) is 15.7 Å². The van der Waals surface area contributed by atoms with Crippen molar-refractivity contribution in [3.05, 3.63) is 0 Å². The smallest absolute Gasteiger partial charge is 0.0653 e. The second-order valence-electron chi connectivity index (χ2n) is 3.00. The van der Waals surface area contributed by atoms with E-state index < -0.39 is 5.41 Å². The molecule has 4 heteroatoms. The predicted molar refractivity (Wildman–Crippen MR) is 43.6 cm³/mol. The van der Waals surface area contributed by atoms with Crippen LogP contribution in [0.3, 0.4) is 0 Å². The first-order chi connectivity index (χ1) is 4.96. The molecule has 0 heterocycles. The van der Waals surface area contributed by atoms with Gasteiger partial charge in [0.25, 0.3) is 0 Å². The molecule has 0 amide bonds. The summed E-state index contributed by atoms with van der Waals surface area (Å²) in [5.41, 5.74) is 0.560. The van der Waals surface area contributed by atoms with Crippen molar-refractivity contribution < 1.29 is 10.4 Å². The normalized spacial score (nSPS) is 15.3. The fourth-order valence-corrected chi connectivity index (χ4v) is 0.512. The third-order valence-corrected chi connectivity index (χ3v) is 2.11. The van der Waals surface area contributed by atoms with Crippen LogP contribution in [-0.4, -0.2) is 21.8 Å². The van der Waals surface area contributed by atoms with E-state index in [0.717, 1.165) is 0 Å². The van der Waals surface area contributed by atoms with Crippen LogP contribution in [0.15, 0.2) is 10.3 Å². The van der Waals surface area contributed by atoms with Crippen LogP contribution in [0.25, 0.3) is 0 Å². The van der Waals surface area contributed by atoms with Crippen molar-refractivity contribution in [3.63, 3.8) is 0 Å². The Morgan fingerprint density at radius 1 is 1.00 bits per heavy atom. The molecular weight excluding hydrogens is 144 g/mol. The van der Waals surface area contributed by atoms with Gasteiger partial charge in [0, 0.05) is 5.41 Å². The molecule has 2 N–H and O–H groups in total. The lowest BCUT2D eigenvalue weighted by Crippen LogP contribution is -2.29. The highest BCUT2D eigenvalue weighted by Gasteiger charge is 2.26. The van der Waals surface area contributed by atoms with E-state index >= 15 is 0 Å². The second-order valence-corrected chi connectivity index (χ2v) is 3.00. The predicted octanol–water partition coefficient (Wildman–Crippen LogP) is 1.71. The molecule has 0 bridgehead atoms. The van der Waals surface area contributed by atoms with E-state index in [9.17, 15) is 0 Å². The van der Waals surface area contributed by atoms with Crippen LogP contribution in [0.1, 0.15) is 27.7 Å². The third kappa shape index (κ3) is 1.93. The Hall–Kier alpha value is -1.06. The molecule has 0 aliphatic heterocycles. The first-order valence-corrected chi connectivity index (χ1v) is 3.35. The molecule has 0 saturated carbocycles. The molecule has 4 nitrogen and oxygen atoms in total. The monoisotopic (exact) mass is 158 g/mol. The van der Waals surface area contributed by atoms with Gasteiger partial charge >= 0.3 is 0 Å². The molecule has 0 aromatic heterocycles. The Labute approximate surface area is 66.2 Å². The van der Waals surface area contributed by atoms with Gasteiger partial charge in [0.1, 0.15) is 0 Å². The summed E-state index contributed by atoms with van der Waals surface area (Å²) < 4.78 is 0. The minimum Gasteiger partial charge on any atom is -0.411 e. The van der Waals surface area contributed by atoms with Crippen LogP contribution in [0.4, 0.5) is 0 Å². The van der Waals surface area contributed by atoms with E-state index in [2.05, 4.69) is 10.3 Å². The number of hydrogen-bond acceptors (Lipinski definition) is 4. The van der Waals surface area contributed by atoms with Crippen LogP contribution in [0, 0.1) is 5.41 Å². The molecule has 0 saturated heterocycles. The van der Waals surface area contributed by atoms with Crippen molar-refractivity contribution in [1.82, 2.24) is 0 Å². The third-order valence-electron chi connectivity index (χ3n) is 2.11. The van der Waals surface area contributed by atoms with E-state index in [1.807, 2.05) is 13.8 Å². The van der Waals surface area contributed by atoms with Crippen molar-refractivity contribution >= 4 is 11.4 Å². The summed E-state index contributed by atoms with van der Waals surface area (Å²) in [4.78, 5) is 0. The standard InChI is InChI=1S/C7H14N2O2/c1-5(8-10)7(3,4)6(2)9-11/h10-11H,1-4H3/b8-5+,9-6+. The van der Waals surface area contributed by atoms with E-state index in [0.29, 0.717) is 11.4 Å². The number of oxime groups is 2. The van der Waals surface area contributed by atoms with E-state index in [4.69, 9.17) is 10.4 Å².